The number of carboxylic acid groups (broad SMARTS) is 1. The van der Waals surface area contributed by atoms with Crippen LogP contribution in [0.2, 0.25) is 5.02 Å². The number of carbonyl (C=O) groups is 2. The van der Waals surface area contributed by atoms with Gasteiger partial charge in [0.05, 0.1) is 0 Å². The molecule has 0 spiro atoms. The smallest absolute Gasteiger partial charge is 0.326 e. The zero-order valence-corrected chi connectivity index (χ0v) is 10.5. The fraction of sp³-hybridized carbons (Fsp3) is 0.385. The maximum Gasteiger partial charge on any atom is 0.326 e. The van der Waals surface area contributed by atoms with Crippen molar-refractivity contribution in [3.63, 3.8) is 0 Å². The molecule has 2 N–H and O–H groups in total. The van der Waals surface area contributed by atoms with Crippen LogP contribution in [-0.2, 0) is 16.0 Å². The molecule has 1 aliphatic rings. The largest absolute Gasteiger partial charge is 0.480 e. The van der Waals surface area contributed by atoms with Gasteiger partial charge in [0.1, 0.15) is 6.04 Å². The molecule has 1 fully saturated rings. The lowest BCUT2D eigenvalue weighted by Gasteiger charge is -2.14. The van der Waals surface area contributed by atoms with E-state index in [1.807, 2.05) is 0 Å². The zero-order chi connectivity index (χ0) is 13.1. The van der Waals surface area contributed by atoms with Crippen LogP contribution in [0, 0.1) is 5.92 Å². The van der Waals surface area contributed by atoms with Crippen LogP contribution in [0.4, 0.5) is 0 Å². The Morgan fingerprint density at radius 3 is 2.44 bits per heavy atom. The monoisotopic (exact) mass is 267 g/mol. The highest BCUT2D eigenvalue weighted by Gasteiger charge is 2.32. The quantitative estimate of drug-likeness (QED) is 0.856. The minimum atomic E-state index is -1.01. The fourth-order valence-corrected chi connectivity index (χ4v) is 1.82. The molecule has 1 atom stereocenters. The molecule has 96 valence electrons. The first-order valence-electron chi connectivity index (χ1n) is 5.84. The number of benzene rings is 1. The molecule has 1 aliphatic carbocycles. The van der Waals surface area contributed by atoms with Crippen molar-refractivity contribution in [2.24, 2.45) is 5.92 Å². The maximum absolute atomic E-state index is 11.6. The lowest BCUT2D eigenvalue weighted by Crippen LogP contribution is -2.43. The molecule has 0 aromatic heterocycles. The van der Waals surface area contributed by atoms with Crippen molar-refractivity contribution < 1.29 is 14.7 Å². The van der Waals surface area contributed by atoms with Gasteiger partial charge in [-0.1, -0.05) is 23.7 Å². The minimum absolute atomic E-state index is 0.0112. The second-order valence-corrected chi connectivity index (χ2v) is 4.94. The standard InChI is InChI=1S/C13H14ClNO3/c14-10-5-1-8(2-6-10)7-11(13(17)18)15-12(16)9-3-4-9/h1-2,5-6,9,11H,3-4,7H2,(H,15,16)(H,17,18)/t11-/m0/s1. The normalized spacial score (nSPS) is 16.1. The second kappa shape index (κ2) is 5.40. The summed E-state index contributed by atoms with van der Waals surface area (Å²) in [7, 11) is 0. The van der Waals surface area contributed by atoms with Crippen molar-refractivity contribution in [3.8, 4) is 0 Å². The van der Waals surface area contributed by atoms with Crippen LogP contribution in [0.25, 0.3) is 0 Å². The Kier molecular flexibility index (Phi) is 3.87. The Hall–Kier alpha value is -1.55. The summed E-state index contributed by atoms with van der Waals surface area (Å²) in [6.45, 7) is 0. The van der Waals surface area contributed by atoms with E-state index < -0.39 is 12.0 Å². The third-order valence-corrected chi connectivity index (χ3v) is 3.17. The van der Waals surface area contributed by atoms with E-state index in [4.69, 9.17) is 16.7 Å². The lowest BCUT2D eigenvalue weighted by molar-refractivity contribution is -0.142. The summed E-state index contributed by atoms with van der Waals surface area (Å²) in [4.78, 5) is 22.7. The zero-order valence-electron chi connectivity index (χ0n) is 9.73. The van der Waals surface area contributed by atoms with Gasteiger partial charge in [-0.3, -0.25) is 4.79 Å². The van der Waals surface area contributed by atoms with Crippen LogP contribution < -0.4 is 5.32 Å². The molecule has 5 heteroatoms. The highest BCUT2D eigenvalue weighted by Crippen LogP contribution is 2.29. The van der Waals surface area contributed by atoms with E-state index in [0.29, 0.717) is 5.02 Å². The van der Waals surface area contributed by atoms with Crippen molar-refractivity contribution in [1.82, 2.24) is 5.32 Å². The van der Waals surface area contributed by atoms with Crippen LogP contribution in [0.1, 0.15) is 18.4 Å². The number of nitrogens with one attached hydrogen (secondary N) is 1. The number of hydrogen-bond donors (Lipinski definition) is 2. The molecule has 1 amide bonds. The summed E-state index contributed by atoms with van der Waals surface area (Å²) < 4.78 is 0. The Bertz CT molecular complexity index is 454. The average molecular weight is 268 g/mol. The number of rotatable bonds is 5. The minimum Gasteiger partial charge on any atom is -0.480 e. The lowest BCUT2D eigenvalue weighted by atomic mass is 10.1. The molecule has 0 heterocycles. The Morgan fingerprint density at radius 2 is 1.94 bits per heavy atom. The van der Waals surface area contributed by atoms with Crippen molar-refractivity contribution in [2.75, 3.05) is 0 Å². The van der Waals surface area contributed by atoms with Crippen molar-refractivity contribution >= 4 is 23.5 Å². The van der Waals surface area contributed by atoms with E-state index in [1.54, 1.807) is 24.3 Å². The first-order valence-corrected chi connectivity index (χ1v) is 6.21. The van der Waals surface area contributed by atoms with Gasteiger partial charge >= 0.3 is 5.97 Å². The summed E-state index contributed by atoms with van der Waals surface area (Å²) in [6.07, 6.45) is 1.99. The second-order valence-electron chi connectivity index (χ2n) is 4.50. The highest BCUT2D eigenvalue weighted by atomic mass is 35.5. The van der Waals surface area contributed by atoms with E-state index in [-0.39, 0.29) is 18.2 Å². The molecule has 1 aromatic rings. The van der Waals surface area contributed by atoms with Gasteiger partial charge in [0.15, 0.2) is 0 Å². The topological polar surface area (TPSA) is 66.4 Å². The molecule has 18 heavy (non-hydrogen) atoms. The molecule has 0 saturated heterocycles. The van der Waals surface area contributed by atoms with Crippen LogP contribution in [0.15, 0.2) is 24.3 Å². The summed E-state index contributed by atoms with van der Waals surface area (Å²) in [5.41, 5.74) is 0.836. The van der Waals surface area contributed by atoms with Crippen LogP contribution in [0.3, 0.4) is 0 Å². The summed E-state index contributed by atoms with van der Waals surface area (Å²) in [5, 5.41) is 12.3. The molecule has 1 aromatic carbocycles. The van der Waals surface area contributed by atoms with E-state index >= 15 is 0 Å². The maximum atomic E-state index is 11.6. The Balaban J connectivity index is 1.99. The first-order chi connectivity index (χ1) is 8.56. The molecule has 4 nitrogen and oxygen atoms in total. The van der Waals surface area contributed by atoms with Gasteiger partial charge in [-0.15, -0.1) is 0 Å². The SMILES string of the molecule is O=C(N[C@@H](Cc1ccc(Cl)cc1)C(=O)O)C1CC1. The third kappa shape index (κ3) is 3.47. The van der Waals surface area contributed by atoms with Gasteiger partial charge in [0.2, 0.25) is 5.91 Å². The van der Waals surface area contributed by atoms with E-state index in [1.165, 1.54) is 0 Å². The highest BCUT2D eigenvalue weighted by molar-refractivity contribution is 6.30. The van der Waals surface area contributed by atoms with E-state index in [0.717, 1.165) is 18.4 Å². The molecule has 1 saturated carbocycles. The van der Waals surface area contributed by atoms with Crippen LogP contribution in [0.5, 0.6) is 0 Å². The van der Waals surface area contributed by atoms with Gasteiger partial charge in [-0.05, 0) is 30.5 Å². The molecule has 0 unspecified atom stereocenters. The summed E-state index contributed by atoms with van der Waals surface area (Å²) >= 11 is 5.76. The predicted molar refractivity (Wildman–Crippen MR) is 67.4 cm³/mol. The van der Waals surface area contributed by atoms with Gasteiger partial charge in [-0.25, -0.2) is 4.79 Å². The van der Waals surface area contributed by atoms with Gasteiger partial charge in [-0.2, -0.15) is 0 Å². The summed E-state index contributed by atoms with van der Waals surface area (Å²) in [6, 6.07) is 6.07. The number of carboxylic acids is 1. The molecule has 0 aliphatic heterocycles. The summed E-state index contributed by atoms with van der Waals surface area (Å²) in [5.74, 6) is -1.16. The molecular weight excluding hydrogens is 254 g/mol. The molecule has 2 rings (SSSR count). The van der Waals surface area contributed by atoms with Crippen molar-refractivity contribution in [1.29, 1.82) is 0 Å². The van der Waals surface area contributed by atoms with E-state index in [9.17, 15) is 9.59 Å². The number of aliphatic carboxylic acids is 1. The number of amides is 1. The van der Waals surface area contributed by atoms with Gasteiger partial charge in [0.25, 0.3) is 0 Å². The number of halogens is 1. The molecule has 0 radical (unpaired) electrons. The first kappa shape index (κ1) is 12.9. The molecule has 0 bridgehead atoms. The van der Waals surface area contributed by atoms with Crippen molar-refractivity contribution in [3.05, 3.63) is 34.9 Å². The van der Waals surface area contributed by atoms with E-state index in [2.05, 4.69) is 5.32 Å². The van der Waals surface area contributed by atoms with Crippen molar-refractivity contribution in [2.45, 2.75) is 25.3 Å². The average Bonchev–Trinajstić information content (AvgIpc) is 3.14. The number of hydrogen-bond acceptors (Lipinski definition) is 2. The van der Waals surface area contributed by atoms with Crippen LogP contribution >= 0.6 is 11.6 Å². The van der Waals surface area contributed by atoms with Crippen LogP contribution in [-0.4, -0.2) is 23.0 Å². The van der Waals surface area contributed by atoms with Gasteiger partial charge in [0, 0.05) is 17.4 Å². The van der Waals surface area contributed by atoms with Gasteiger partial charge < -0.3 is 10.4 Å². The Morgan fingerprint density at radius 1 is 1.33 bits per heavy atom. The molecular formula is C13H14ClNO3. The fourth-order valence-electron chi connectivity index (χ4n) is 1.69. The predicted octanol–water partition coefficient (Wildman–Crippen LogP) is 1.86. The third-order valence-electron chi connectivity index (χ3n) is 2.92. The Labute approximate surface area is 110 Å². The number of carbonyl (C=O) groups excluding carboxylic acids is 1.